The molecule has 0 fully saturated rings. The lowest BCUT2D eigenvalue weighted by Gasteiger charge is -2.07. The molecule has 0 spiro atoms. The van der Waals surface area contributed by atoms with E-state index in [0.717, 1.165) is 22.0 Å². The van der Waals surface area contributed by atoms with Crippen LogP contribution in [0.4, 0.5) is 0 Å². The van der Waals surface area contributed by atoms with E-state index in [2.05, 4.69) is 29.4 Å². The van der Waals surface area contributed by atoms with Crippen LogP contribution in [0.2, 0.25) is 0 Å². The number of hydrogen-bond acceptors (Lipinski definition) is 4. The maximum absolute atomic E-state index is 12.0. The number of aromatic nitrogens is 1. The predicted molar refractivity (Wildman–Crippen MR) is 106 cm³/mol. The van der Waals surface area contributed by atoms with Crippen LogP contribution in [-0.4, -0.2) is 23.2 Å². The maximum Gasteiger partial charge on any atom is 0.230 e. The van der Waals surface area contributed by atoms with Crippen molar-refractivity contribution in [1.29, 1.82) is 0 Å². The largest absolute Gasteiger partial charge is 0.355 e. The van der Waals surface area contributed by atoms with Gasteiger partial charge in [-0.25, -0.2) is 4.98 Å². The third-order valence-corrected chi connectivity index (χ3v) is 5.88. The molecule has 2 aromatic carbocycles. The Bertz CT molecular complexity index is 830. The molecule has 1 amide bonds. The van der Waals surface area contributed by atoms with Crippen LogP contribution in [0.3, 0.4) is 0 Å². The lowest BCUT2D eigenvalue weighted by molar-refractivity contribution is -0.118. The minimum atomic E-state index is 0.0510. The quantitative estimate of drug-likeness (QED) is 0.621. The molecule has 1 heterocycles. The molecule has 0 saturated heterocycles. The van der Waals surface area contributed by atoms with Gasteiger partial charge in [-0.15, -0.1) is 11.3 Å². The van der Waals surface area contributed by atoms with Crippen molar-refractivity contribution in [3.63, 3.8) is 0 Å². The van der Waals surface area contributed by atoms with E-state index < -0.39 is 0 Å². The first-order valence-electron chi connectivity index (χ1n) is 8.17. The number of nitrogens with zero attached hydrogens (tertiary/aromatic N) is 1. The van der Waals surface area contributed by atoms with Crippen molar-refractivity contribution in [2.75, 3.05) is 12.3 Å². The van der Waals surface area contributed by atoms with Crippen LogP contribution < -0.4 is 5.32 Å². The number of thiazole rings is 1. The highest BCUT2D eigenvalue weighted by Gasteiger charge is 2.08. The zero-order valence-electron chi connectivity index (χ0n) is 14.1. The number of aryl methyl sites for hydroxylation is 1. The summed E-state index contributed by atoms with van der Waals surface area (Å²) in [4.78, 5) is 16.6. The SMILES string of the molecule is Cc1ccccc1CCNC(=O)CSc1nc(-c2ccccc2)cs1. The highest BCUT2D eigenvalue weighted by Crippen LogP contribution is 2.27. The summed E-state index contributed by atoms with van der Waals surface area (Å²) in [6, 6.07) is 18.4. The number of carbonyl (C=O) groups excluding carboxylic acids is 1. The molecule has 3 rings (SSSR count). The third kappa shape index (κ3) is 5.18. The molecule has 0 atom stereocenters. The summed E-state index contributed by atoms with van der Waals surface area (Å²) in [5.74, 6) is 0.449. The van der Waals surface area contributed by atoms with E-state index in [1.54, 1.807) is 11.3 Å². The van der Waals surface area contributed by atoms with Gasteiger partial charge in [-0.3, -0.25) is 4.79 Å². The van der Waals surface area contributed by atoms with Crippen molar-refractivity contribution in [2.45, 2.75) is 17.7 Å². The van der Waals surface area contributed by atoms with Gasteiger partial charge in [-0.2, -0.15) is 0 Å². The Morgan fingerprint density at radius 2 is 1.88 bits per heavy atom. The van der Waals surface area contributed by atoms with Crippen LogP contribution in [-0.2, 0) is 11.2 Å². The molecular weight excluding hydrogens is 348 g/mol. The smallest absolute Gasteiger partial charge is 0.230 e. The average Bonchev–Trinajstić information content (AvgIpc) is 3.11. The van der Waals surface area contributed by atoms with Gasteiger partial charge in [0.05, 0.1) is 11.4 Å². The van der Waals surface area contributed by atoms with E-state index in [4.69, 9.17) is 0 Å². The summed E-state index contributed by atoms with van der Waals surface area (Å²) < 4.78 is 0.924. The van der Waals surface area contributed by atoms with Gasteiger partial charge in [0.2, 0.25) is 5.91 Å². The van der Waals surface area contributed by atoms with Gasteiger partial charge in [0.15, 0.2) is 4.34 Å². The molecule has 0 aliphatic carbocycles. The minimum Gasteiger partial charge on any atom is -0.355 e. The number of benzene rings is 2. The fourth-order valence-electron chi connectivity index (χ4n) is 2.47. The molecule has 0 radical (unpaired) electrons. The second kappa shape index (κ2) is 8.83. The standard InChI is InChI=1S/C20H20N2OS2/c1-15-7-5-6-8-16(15)11-12-21-19(23)14-25-20-22-18(13-24-20)17-9-3-2-4-10-17/h2-10,13H,11-12,14H2,1H3,(H,21,23). The number of amides is 1. The van der Waals surface area contributed by atoms with Crippen molar-refractivity contribution >= 4 is 29.0 Å². The van der Waals surface area contributed by atoms with Crippen molar-refractivity contribution in [3.8, 4) is 11.3 Å². The van der Waals surface area contributed by atoms with E-state index >= 15 is 0 Å². The fourth-order valence-corrected chi connectivity index (χ4v) is 4.14. The van der Waals surface area contributed by atoms with Crippen LogP contribution >= 0.6 is 23.1 Å². The molecule has 0 saturated carbocycles. The Labute approximate surface area is 156 Å². The number of carbonyl (C=O) groups is 1. The van der Waals surface area contributed by atoms with E-state index in [1.165, 1.54) is 22.9 Å². The molecule has 3 nitrogen and oxygen atoms in total. The highest BCUT2D eigenvalue weighted by atomic mass is 32.2. The summed E-state index contributed by atoms with van der Waals surface area (Å²) in [7, 11) is 0. The van der Waals surface area contributed by atoms with Crippen LogP contribution in [0.5, 0.6) is 0 Å². The van der Waals surface area contributed by atoms with Gasteiger partial charge in [-0.1, -0.05) is 66.4 Å². The van der Waals surface area contributed by atoms with Gasteiger partial charge >= 0.3 is 0 Å². The van der Waals surface area contributed by atoms with Crippen molar-refractivity contribution < 1.29 is 4.79 Å². The van der Waals surface area contributed by atoms with E-state index in [0.29, 0.717) is 12.3 Å². The summed E-state index contributed by atoms with van der Waals surface area (Å²) in [5, 5.41) is 5.02. The minimum absolute atomic E-state index is 0.0510. The molecule has 128 valence electrons. The number of nitrogens with one attached hydrogen (secondary N) is 1. The average molecular weight is 369 g/mol. The van der Waals surface area contributed by atoms with Gasteiger partial charge in [0.1, 0.15) is 0 Å². The van der Waals surface area contributed by atoms with Crippen molar-refractivity contribution in [2.24, 2.45) is 0 Å². The molecule has 0 bridgehead atoms. The normalized spacial score (nSPS) is 10.6. The Morgan fingerprint density at radius 3 is 2.68 bits per heavy atom. The van der Waals surface area contributed by atoms with Gasteiger partial charge in [0.25, 0.3) is 0 Å². The van der Waals surface area contributed by atoms with Crippen LogP contribution in [0, 0.1) is 6.92 Å². The topological polar surface area (TPSA) is 42.0 Å². The number of rotatable bonds is 7. The lowest BCUT2D eigenvalue weighted by Crippen LogP contribution is -2.27. The van der Waals surface area contributed by atoms with Crippen LogP contribution in [0.25, 0.3) is 11.3 Å². The Morgan fingerprint density at radius 1 is 1.12 bits per heavy atom. The van der Waals surface area contributed by atoms with Crippen molar-refractivity contribution in [3.05, 3.63) is 71.1 Å². The second-order valence-electron chi connectivity index (χ2n) is 5.68. The number of hydrogen-bond donors (Lipinski definition) is 1. The zero-order valence-corrected chi connectivity index (χ0v) is 15.7. The first-order chi connectivity index (χ1) is 12.2. The predicted octanol–water partition coefficient (Wildman–Crippen LogP) is 4.57. The monoisotopic (exact) mass is 368 g/mol. The highest BCUT2D eigenvalue weighted by molar-refractivity contribution is 8.01. The summed E-state index contributed by atoms with van der Waals surface area (Å²) in [6.07, 6.45) is 0.860. The lowest BCUT2D eigenvalue weighted by atomic mass is 10.1. The fraction of sp³-hybridized carbons (Fsp3) is 0.200. The molecule has 0 aliphatic heterocycles. The molecule has 1 aromatic heterocycles. The molecular formula is C20H20N2OS2. The molecule has 0 unspecified atom stereocenters. The number of thioether (sulfide) groups is 1. The molecule has 0 aliphatic rings. The Balaban J connectivity index is 1.44. The third-order valence-electron chi connectivity index (χ3n) is 3.86. The van der Waals surface area contributed by atoms with E-state index in [-0.39, 0.29) is 5.91 Å². The van der Waals surface area contributed by atoms with E-state index in [9.17, 15) is 4.79 Å². The second-order valence-corrected chi connectivity index (χ2v) is 7.76. The van der Waals surface area contributed by atoms with Gasteiger partial charge in [-0.05, 0) is 24.5 Å². The first-order valence-corrected chi connectivity index (χ1v) is 10.0. The Kier molecular flexibility index (Phi) is 6.25. The molecule has 5 heteroatoms. The molecule has 25 heavy (non-hydrogen) atoms. The molecule has 3 aromatic rings. The van der Waals surface area contributed by atoms with E-state index in [1.807, 2.05) is 47.8 Å². The van der Waals surface area contributed by atoms with Crippen molar-refractivity contribution in [1.82, 2.24) is 10.3 Å². The zero-order chi connectivity index (χ0) is 17.5. The summed E-state index contributed by atoms with van der Waals surface area (Å²) in [6.45, 7) is 2.76. The van der Waals surface area contributed by atoms with Gasteiger partial charge < -0.3 is 5.32 Å². The summed E-state index contributed by atoms with van der Waals surface area (Å²) in [5.41, 5.74) is 4.62. The first kappa shape index (κ1) is 17.7. The van der Waals surface area contributed by atoms with Crippen LogP contribution in [0.1, 0.15) is 11.1 Å². The Hall–Kier alpha value is -2.11. The van der Waals surface area contributed by atoms with Crippen LogP contribution in [0.15, 0.2) is 64.3 Å². The van der Waals surface area contributed by atoms with Gasteiger partial charge in [0, 0.05) is 17.5 Å². The summed E-state index contributed by atoms with van der Waals surface area (Å²) >= 11 is 3.07. The maximum atomic E-state index is 12.0. The molecule has 1 N–H and O–H groups in total.